The zero-order valence-corrected chi connectivity index (χ0v) is 15.0. The molecule has 25 heavy (non-hydrogen) atoms. The molecule has 0 saturated carbocycles. The van der Waals surface area contributed by atoms with Gasteiger partial charge in [-0.3, -0.25) is 9.59 Å². The minimum absolute atomic E-state index is 0.168. The van der Waals surface area contributed by atoms with Crippen LogP contribution in [0.5, 0.6) is 0 Å². The number of rotatable bonds is 6. The van der Waals surface area contributed by atoms with Gasteiger partial charge in [-0.05, 0) is 30.5 Å². The van der Waals surface area contributed by atoms with E-state index in [1.54, 1.807) is 4.90 Å². The van der Waals surface area contributed by atoms with E-state index in [0.717, 1.165) is 29.0 Å². The van der Waals surface area contributed by atoms with E-state index in [4.69, 9.17) is 4.74 Å². The number of hydrogen-bond acceptors (Lipinski definition) is 4. The van der Waals surface area contributed by atoms with Crippen LogP contribution in [0.15, 0.2) is 54.6 Å². The average Bonchev–Trinajstić information content (AvgIpc) is 3.09. The Balaban J connectivity index is 1.46. The molecule has 4 nitrogen and oxygen atoms in total. The van der Waals surface area contributed by atoms with Gasteiger partial charge in [0.25, 0.3) is 5.91 Å². The van der Waals surface area contributed by atoms with Crippen LogP contribution in [0.1, 0.15) is 18.1 Å². The van der Waals surface area contributed by atoms with Crippen LogP contribution in [0.2, 0.25) is 0 Å². The predicted molar refractivity (Wildman–Crippen MR) is 101 cm³/mol. The second-order valence-electron chi connectivity index (χ2n) is 5.97. The summed E-state index contributed by atoms with van der Waals surface area (Å²) in [6, 6.07) is 17.8. The zero-order valence-electron chi connectivity index (χ0n) is 14.2. The van der Waals surface area contributed by atoms with Gasteiger partial charge < -0.3 is 9.64 Å². The second kappa shape index (κ2) is 8.21. The van der Waals surface area contributed by atoms with Crippen molar-refractivity contribution in [3.05, 3.63) is 65.7 Å². The fourth-order valence-electron chi connectivity index (χ4n) is 2.79. The molecule has 1 amide bonds. The standard InChI is InChI=1S/C20H21NO3S/c1-15(25-14-16-7-3-2-4-8-16)20(23)24-13-19(22)21-12-11-17-9-5-6-10-18(17)21/h2-10,15H,11-14H2,1H3. The molecular formula is C20H21NO3S. The summed E-state index contributed by atoms with van der Waals surface area (Å²) in [7, 11) is 0. The molecule has 1 aliphatic rings. The maximum Gasteiger partial charge on any atom is 0.319 e. The number of para-hydroxylation sites is 1. The van der Waals surface area contributed by atoms with Gasteiger partial charge >= 0.3 is 5.97 Å². The Morgan fingerprint density at radius 2 is 1.84 bits per heavy atom. The molecule has 0 fully saturated rings. The van der Waals surface area contributed by atoms with Crippen molar-refractivity contribution in [3.63, 3.8) is 0 Å². The molecule has 0 bridgehead atoms. The van der Waals surface area contributed by atoms with Gasteiger partial charge in [0.15, 0.2) is 6.61 Å². The molecule has 3 rings (SSSR count). The van der Waals surface area contributed by atoms with Crippen LogP contribution in [0.4, 0.5) is 5.69 Å². The first-order valence-electron chi connectivity index (χ1n) is 8.35. The Bertz CT molecular complexity index is 748. The minimum atomic E-state index is -0.346. The molecule has 0 saturated heterocycles. The largest absolute Gasteiger partial charge is 0.455 e. The Morgan fingerprint density at radius 3 is 2.64 bits per heavy atom. The monoisotopic (exact) mass is 355 g/mol. The number of esters is 1. The molecular weight excluding hydrogens is 334 g/mol. The molecule has 0 aliphatic carbocycles. The van der Waals surface area contributed by atoms with Gasteiger partial charge in [0.2, 0.25) is 0 Å². The maximum absolute atomic E-state index is 12.4. The van der Waals surface area contributed by atoms with Crippen molar-refractivity contribution in [2.75, 3.05) is 18.1 Å². The van der Waals surface area contributed by atoms with E-state index in [0.29, 0.717) is 6.54 Å². The highest BCUT2D eigenvalue weighted by atomic mass is 32.2. The van der Waals surface area contributed by atoms with E-state index in [-0.39, 0.29) is 23.7 Å². The van der Waals surface area contributed by atoms with E-state index in [9.17, 15) is 9.59 Å². The molecule has 0 N–H and O–H groups in total. The number of ether oxygens (including phenoxy) is 1. The Morgan fingerprint density at radius 1 is 1.12 bits per heavy atom. The van der Waals surface area contributed by atoms with Gasteiger partial charge in [0.1, 0.15) is 0 Å². The summed E-state index contributed by atoms with van der Waals surface area (Å²) in [6.45, 7) is 2.25. The molecule has 5 heteroatoms. The van der Waals surface area contributed by atoms with Crippen LogP contribution >= 0.6 is 11.8 Å². The third kappa shape index (κ3) is 4.42. The number of carbonyl (C=O) groups excluding carboxylic acids is 2. The Labute approximate surface area is 152 Å². The number of fused-ring (bicyclic) bond motifs is 1. The van der Waals surface area contributed by atoms with E-state index < -0.39 is 0 Å². The maximum atomic E-state index is 12.4. The second-order valence-corrected chi connectivity index (χ2v) is 7.30. The quantitative estimate of drug-likeness (QED) is 0.745. The van der Waals surface area contributed by atoms with Gasteiger partial charge in [-0.1, -0.05) is 48.5 Å². The van der Waals surface area contributed by atoms with E-state index in [2.05, 4.69) is 0 Å². The summed E-state index contributed by atoms with van der Waals surface area (Å²) in [4.78, 5) is 26.2. The van der Waals surface area contributed by atoms with E-state index >= 15 is 0 Å². The lowest BCUT2D eigenvalue weighted by Gasteiger charge is -2.18. The van der Waals surface area contributed by atoms with Crippen LogP contribution in [0, 0.1) is 0 Å². The number of benzene rings is 2. The van der Waals surface area contributed by atoms with E-state index in [1.807, 2.05) is 61.5 Å². The van der Waals surface area contributed by atoms with Crippen LogP contribution in [-0.4, -0.2) is 30.3 Å². The third-order valence-corrected chi connectivity index (χ3v) is 5.39. The van der Waals surface area contributed by atoms with Crippen molar-refractivity contribution in [2.24, 2.45) is 0 Å². The molecule has 1 unspecified atom stereocenters. The van der Waals surface area contributed by atoms with Gasteiger partial charge in [0.05, 0.1) is 5.25 Å². The number of hydrogen-bond donors (Lipinski definition) is 0. The van der Waals surface area contributed by atoms with Gasteiger partial charge in [-0.15, -0.1) is 11.8 Å². The highest BCUT2D eigenvalue weighted by molar-refractivity contribution is 7.99. The molecule has 1 heterocycles. The average molecular weight is 355 g/mol. The lowest BCUT2D eigenvalue weighted by atomic mass is 10.2. The first kappa shape index (κ1) is 17.5. The van der Waals surface area contributed by atoms with Crippen molar-refractivity contribution in [1.29, 1.82) is 0 Å². The predicted octanol–water partition coefficient (Wildman–Crippen LogP) is 3.44. The fourth-order valence-corrected chi connectivity index (χ4v) is 3.63. The summed E-state index contributed by atoms with van der Waals surface area (Å²) in [5, 5.41) is -0.307. The van der Waals surface area contributed by atoms with Crippen molar-refractivity contribution in [2.45, 2.75) is 24.3 Å². The molecule has 2 aromatic rings. The zero-order chi connectivity index (χ0) is 17.6. The number of anilines is 1. The smallest absolute Gasteiger partial charge is 0.319 e. The molecule has 1 atom stereocenters. The summed E-state index contributed by atoms with van der Waals surface area (Å²) in [6.07, 6.45) is 0.846. The van der Waals surface area contributed by atoms with Crippen molar-refractivity contribution >= 4 is 29.3 Å². The van der Waals surface area contributed by atoms with Gasteiger partial charge in [0, 0.05) is 18.0 Å². The normalized spacial score (nSPS) is 14.0. The van der Waals surface area contributed by atoms with Crippen LogP contribution in [-0.2, 0) is 26.5 Å². The lowest BCUT2D eigenvalue weighted by molar-refractivity contribution is -0.146. The van der Waals surface area contributed by atoms with Crippen LogP contribution in [0.3, 0.4) is 0 Å². The van der Waals surface area contributed by atoms with Crippen molar-refractivity contribution in [1.82, 2.24) is 0 Å². The van der Waals surface area contributed by atoms with Crippen molar-refractivity contribution < 1.29 is 14.3 Å². The van der Waals surface area contributed by atoms with Crippen LogP contribution < -0.4 is 4.90 Å². The van der Waals surface area contributed by atoms with Gasteiger partial charge in [-0.2, -0.15) is 0 Å². The molecule has 1 aliphatic heterocycles. The Hall–Kier alpha value is -2.27. The molecule has 0 aromatic heterocycles. The highest BCUT2D eigenvalue weighted by Gasteiger charge is 2.25. The van der Waals surface area contributed by atoms with Gasteiger partial charge in [-0.25, -0.2) is 0 Å². The number of nitrogens with zero attached hydrogens (tertiary/aromatic N) is 1. The Kier molecular flexibility index (Phi) is 5.76. The first-order chi connectivity index (χ1) is 12.1. The SMILES string of the molecule is CC(SCc1ccccc1)C(=O)OCC(=O)N1CCc2ccccc21. The third-order valence-electron chi connectivity index (χ3n) is 4.20. The van der Waals surface area contributed by atoms with E-state index in [1.165, 1.54) is 11.8 Å². The topological polar surface area (TPSA) is 46.6 Å². The number of carbonyl (C=O) groups is 2. The minimum Gasteiger partial charge on any atom is -0.455 e. The molecule has 2 aromatic carbocycles. The molecule has 130 valence electrons. The summed E-state index contributed by atoms with van der Waals surface area (Å²) < 4.78 is 5.23. The summed E-state index contributed by atoms with van der Waals surface area (Å²) >= 11 is 1.51. The number of amides is 1. The molecule has 0 radical (unpaired) electrons. The highest BCUT2D eigenvalue weighted by Crippen LogP contribution is 2.27. The fraction of sp³-hybridized carbons (Fsp3) is 0.300. The van der Waals surface area contributed by atoms with Crippen molar-refractivity contribution in [3.8, 4) is 0 Å². The number of thioether (sulfide) groups is 1. The van der Waals surface area contributed by atoms with Crippen LogP contribution in [0.25, 0.3) is 0 Å². The first-order valence-corrected chi connectivity index (χ1v) is 9.40. The summed E-state index contributed by atoms with van der Waals surface area (Å²) in [5.74, 6) is 0.227. The lowest BCUT2D eigenvalue weighted by Crippen LogP contribution is -2.34. The summed E-state index contributed by atoms with van der Waals surface area (Å²) in [5.41, 5.74) is 3.25. The molecule has 0 spiro atoms.